The second-order valence-corrected chi connectivity index (χ2v) is 9.14. The zero-order valence-corrected chi connectivity index (χ0v) is 20.0. The molecule has 0 saturated carbocycles. The average molecular weight is 513 g/mol. The van der Waals surface area contributed by atoms with Gasteiger partial charge >= 0.3 is 0 Å². The van der Waals surface area contributed by atoms with Gasteiger partial charge in [-0.1, -0.05) is 65.3 Å². The lowest BCUT2D eigenvalue weighted by Gasteiger charge is -2.13. The minimum Gasteiger partial charge on any atom is -0.454 e. The third kappa shape index (κ3) is 4.84. The van der Waals surface area contributed by atoms with E-state index in [2.05, 4.69) is 27.6 Å². The minimum absolute atomic E-state index is 0.144. The van der Waals surface area contributed by atoms with E-state index in [1.54, 1.807) is 30.3 Å². The number of thioether (sulfide) groups is 1. The standard InChI is InChI=1S/C24H18Cl2N4O3S/c25-17-7-8-19(18(26)11-17)30-22(28-29-24(30)34-13-15-4-2-1-3-5-15)12-27-23(31)16-6-9-20-21(10-16)33-14-32-20/h1-11H,12-14H2,(H,27,31). The molecule has 1 aromatic heterocycles. The van der Waals surface area contributed by atoms with Gasteiger partial charge in [0.1, 0.15) is 0 Å². The van der Waals surface area contributed by atoms with Crippen molar-refractivity contribution in [1.82, 2.24) is 20.1 Å². The summed E-state index contributed by atoms with van der Waals surface area (Å²) in [6, 6.07) is 20.3. The number of benzene rings is 3. The molecule has 0 saturated heterocycles. The van der Waals surface area contributed by atoms with Crippen molar-refractivity contribution >= 4 is 40.9 Å². The molecule has 0 aliphatic carbocycles. The van der Waals surface area contributed by atoms with Gasteiger partial charge < -0.3 is 14.8 Å². The van der Waals surface area contributed by atoms with Crippen molar-refractivity contribution in [3.63, 3.8) is 0 Å². The van der Waals surface area contributed by atoms with Crippen LogP contribution in [-0.2, 0) is 12.3 Å². The molecule has 0 fully saturated rings. The van der Waals surface area contributed by atoms with Gasteiger partial charge in [0.05, 0.1) is 17.3 Å². The van der Waals surface area contributed by atoms with Crippen molar-refractivity contribution in [2.75, 3.05) is 6.79 Å². The van der Waals surface area contributed by atoms with Gasteiger partial charge in [-0.2, -0.15) is 0 Å². The van der Waals surface area contributed by atoms with E-state index in [1.807, 2.05) is 28.8 Å². The van der Waals surface area contributed by atoms with Crippen LogP contribution >= 0.6 is 35.0 Å². The molecule has 1 aliphatic rings. The van der Waals surface area contributed by atoms with Crippen LogP contribution in [0.2, 0.25) is 10.0 Å². The van der Waals surface area contributed by atoms with E-state index < -0.39 is 0 Å². The van der Waals surface area contributed by atoms with E-state index in [0.29, 0.717) is 49.5 Å². The van der Waals surface area contributed by atoms with Gasteiger partial charge in [0.15, 0.2) is 22.5 Å². The van der Waals surface area contributed by atoms with E-state index in [4.69, 9.17) is 32.7 Å². The van der Waals surface area contributed by atoms with Gasteiger partial charge in [0.2, 0.25) is 6.79 Å². The fourth-order valence-electron chi connectivity index (χ4n) is 3.43. The smallest absolute Gasteiger partial charge is 0.251 e. The second kappa shape index (κ2) is 9.97. The van der Waals surface area contributed by atoms with Gasteiger partial charge in [-0.25, -0.2) is 0 Å². The van der Waals surface area contributed by atoms with Crippen LogP contribution in [-0.4, -0.2) is 27.5 Å². The minimum atomic E-state index is -0.270. The fourth-order valence-corrected chi connectivity index (χ4v) is 4.85. The molecule has 1 aliphatic heterocycles. The molecular weight excluding hydrogens is 495 g/mol. The molecule has 5 rings (SSSR count). The number of ether oxygens (including phenoxy) is 2. The Morgan fingerprint density at radius 1 is 1.00 bits per heavy atom. The first-order valence-electron chi connectivity index (χ1n) is 10.3. The van der Waals surface area contributed by atoms with Crippen LogP contribution in [0.15, 0.2) is 71.9 Å². The number of hydrogen-bond acceptors (Lipinski definition) is 6. The quantitative estimate of drug-likeness (QED) is 0.328. The normalized spacial score (nSPS) is 12.1. The number of hydrogen-bond donors (Lipinski definition) is 1. The summed E-state index contributed by atoms with van der Waals surface area (Å²) in [7, 11) is 0. The van der Waals surface area contributed by atoms with Crippen molar-refractivity contribution in [2.24, 2.45) is 0 Å². The highest BCUT2D eigenvalue weighted by Gasteiger charge is 2.20. The van der Waals surface area contributed by atoms with Crippen LogP contribution in [0.25, 0.3) is 5.69 Å². The van der Waals surface area contributed by atoms with Gasteiger partial charge in [0.25, 0.3) is 5.91 Å². The lowest BCUT2D eigenvalue weighted by molar-refractivity contribution is 0.0949. The summed E-state index contributed by atoms with van der Waals surface area (Å²) in [5.74, 6) is 2.13. The summed E-state index contributed by atoms with van der Waals surface area (Å²) >= 11 is 14.1. The lowest BCUT2D eigenvalue weighted by Crippen LogP contribution is -2.24. The monoisotopic (exact) mass is 512 g/mol. The van der Waals surface area contributed by atoms with Crippen molar-refractivity contribution in [2.45, 2.75) is 17.5 Å². The van der Waals surface area contributed by atoms with E-state index in [1.165, 1.54) is 11.8 Å². The topological polar surface area (TPSA) is 78.3 Å². The third-order valence-corrected chi connectivity index (χ3v) is 6.64. The lowest BCUT2D eigenvalue weighted by atomic mass is 10.2. The molecule has 0 bridgehead atoms. The highest BCUT2D eigenvalue weighted by Crippen LogP contribution is 2.33. The van der Waals surface area contributed by atoms with Gasteiger partial charge in [-0.3, -0.25) is 9.36 Å². The van der Waals surface area contributed by atoms with Crippen molar-refractivity contribution in [3.8, 4) is 17.2 Å². The van der Waals surface area contributed by atoms with Crippen molar-refractivity contribution in [3.05, 3.63) is 93.7 Å². The molecular formula is C24H18Cl2N4O3S. The van der Waals surface area contributed by atoms with E-state index in [0.717, 1.165) is 5.56 Å². The van der Waals surface area contributed by atoms with Gasteiger partial charge in [-0.05, 0) is 42.0 Å². The number of carbonyl (C=O) groups excluding carboxylic acids is 1. The Bertz CT molecular complexity index is 1350. The molecule has 2 heterocycles. The maximum Gasteiger partial charge on any atom is 0.251 e. The molecule has 172 valence electrons. The van der Waals surface area contributed by atoms with E-state index in [9.17, 15) is 4.79 Å². The first-order valence-corrected chi connectivity index (χ1v) is 12.1. The molecule has 0 unspecified atom stereocenters. The van der Waals surface area contributed by atoms with Crippen LogP contribution in [0, 0.1) is 0 Å². The largest absolute Gasteiger partial charge is 0.454 e. The molecule has 10 heteroatoms. The average Bonchev–Trinajstić information content (AvgIpc) is 3.48. The number of halogens is 2. The number of nitrogens with one attached hydrogen (secondary N) is 1. The predicted molar refractivity (Wildman–Crippen MR) is 131 cm³/mol. The first-order chi connectivity index (χ1) is 16.6. The van der Waals surface area contributed by atoms with Crippen molar-refractivity contribution in [1.29, 1.82) is 0 Å². The maximum absolute atomic E-state index is 12.8. The third-order valence-electron chi connectivity index (χ3n) is 5.10. The highest BCUT2D eigenvalue weighted by atomic mass is 35.5. The molecule has 34 heavy (non-hydrogen) atoms. The molecule has 0 radical (unpaired) electrons. The van der Waals surface area contributed by atoms with Crippen LogP contribution in [0.5, 0.6) is 11.5 Å². The highest BCUT2D eigenvalue weighted by molar-refractivity contribution is 7.98. The van der Waals surface area contributed by atoms with Crippen LogP contribution in [0.3, 0.4) is 0 Å². The second-order valence-electron chi connectivity index (χ2n) is 7.35. The van der Waals surface area contributed by atoms with Crippen LogP contribution in [0.1, 0.15) is 21.7 Å². The molecule has 1 amide bonds. The number of nitrogens with zero attached hydrogens (tertiary/aromatic N) is 3. The Balaban J connectivity index is 1.39. The summed E-state index contributed by atoms with van der Waals surface area (Å²) < 4.78 is 12.5. The Labute approximate surface area is 210 Å². The molecule has 7 nitrogen and oxygen atoms in total. The number of carbonyl (C=O) groups is 1. The van der Waals surface area contributed by atoms with Crippen molar-refractivity contribution < 1.29 is 14.3 Å². The first kappa shape index (κ1) is 22.6. The molecule has 4 aromatic rings. The SMILES string of the molecule is O=C(NCc1nnc(SCc2ccccc2)n1-c1ccc(Cl)cc1Cl)c1ccc2c(c1)OCO2. The molecule has 0 spiro atoms. The molecule has 3 aromatic carbocycles. The summed E-state index contributed by atoms with van der Waals surface area (Å²) in [6.45, 7) is 0.292. The Morgan fingerprint density at radius 3 is 2.65 bits per heavy atom. The Kier molecular flexibility index (Phi) is 6.62. The molecule has 0 atom stereocenters. The maximum atomic E-state index is 12.8. The zero-order chi connectivity index (χ0) is 23.5. The Hall–Kier alpha value is -3.20. The summed E-state index contributed by atoms with van der Waals surface area (Å²) in [5.41, 5.74) is 2.29. The summed E-state index contributed by atoms with van der Waals surface area (Å²) in [6.07, 6.45) is 0. The predicted octanol–water partition coefficient (Wildman–Crippen LogP) is 5.53. The van der Waals surface area contributed by atoms with Gasteiger partial charge in [-0.15, -0.1) is 10.2 Å². The summed E-state index contributed by atoms with van der Waals surface area (Å²) in [4.78, 5) is 12.8. The fraction of sp³-hybridized carbons (Fsp3) is 0.125. The number of amides is 1. The number of aromatic nitrogens is 3. The number of rotatable bonds is 7. The zero-order valence-electron chi connectivity index (χ0n) is 17.7. The Morgan fingerprint density at radius 2 is 1.82 bits per heavy atom. The summed E-state index contributed by atoms with van der Waals surface area (Å²) in [5, 5.41) is 13.2. The van der Waals surface area contributed by atoms with Gasteiger partial charge in [0, 0.05) is 16.3 Å². The van der Waals surface area contributed by atoms with Crippen LogP contribution < -0.4 is 14.8 Å². The van der Waals surface area contributed by atoms with E-state index >= 15 is 0 Å². The molecule has 1 N–H and O–H groups in total. The number of fused-ring (bicyclic) bond motifs is 1. The van der Waals surface area contributed by atoms with E-state index in [-0.39, 0.29) is 19.2 Å². The van der Waals surface area contributed by atoms with Crippen LogP contribution in [0.4, 0.5) is 0 Å².